The van der Waals surface area contributed by atoms with Gasteiger partial charge in [0.1, 0.15) is 0 Å². The van der Waals surface area contributed by atoms with Crippen LogP contribution in [0.2, 0.25) is 0 Å². The average molecular weight is 462 g/mol. The van der Waals surface area contributed by atoms with Gasteiger partial charge in [-0.25, -0.2) is 0 Å². The first kappa shape index (κ1) is 23.7. The minimum Gasteiger partial charge on any atom is -0.365 e. The maximum Gasteiger partial charge on any atom is 0.238 e. The van der Waals surface area contributed by atoms with Crippen molar-refractivity contribution in [1.82, 2.24) is 0 Å². The summed E-state index contributed by atoms with van der Waals surface area (Å²) in [5, 5.41) is 10.00. The lowest BCUT2D eigenvalue weighted by Crippen LogP contribution is -2.62. The number of rotatable bonds is 1. The van der Waals surface area contributed by atoms with E-state index in [2.05, 4.69) is 52.8 Å². The fourth-order valence-electron chi connectivity index (χ4n) is 8.89. The molecule has 182 valence electrons. The summed E-state index contributed by atoms with van der Waals surface area (Å²) < 4.78 is 5.69. The fraction of sp³-hybridized carbons (Fsp3) is 0.700. The van der Waals surface area contributed by atoms with Gasteiger partial charge >= 0.3 is 0 Å². The summed E-state index contributed by atoms with van der Waals surface area (Å²) >= 11 is 0. The molecular formula is C30H39NO3. The van der Waals surface area contributed by atoms with E-state index in [9.17, 15) is 14.9 Å². The molecule has 3 saturated carbocycles. The summed E-state index contributed by atoms with van der Waals surface area (Å²) in [5.74, 6) is -0.449. The number of ketones is 2. The van der Waals surface area contributed by atoms with Gasteiger partial charge < -0.3 is 4.74 Å². The van der Waals surface area contributed by atoms with Crippen molar-refractivity contribution in [2.45, 2.75) is 92.1 Å². The molecule has 5 aliphatic carbocycles. The van der Waals surface area contributed by atoms with E-state index in [1.807, 2.05) is 0 Å². The number of hydrogen-bond donors (Lipinski definition) is 0. The van der Waals surface area contributed by atoms with Gasteiger partial charge in [-0.05, 0) is 98.2 Å². The molecule has 3 fully saturated rings. The zero-order valence-electron chi connectivity index (χ0n) is 21.9. The normalized spacial score (nSPS) is 49.9. The summed E-state index contributed by atoms with van der Waals surface area (Å²) in [6.07, 6.45) is 13.3. The van der Waals surface area contributed by atoms with Crippen LogP contribution in [-0.2, 0) is 14.3 Å². The van der Waals surface area contributed by atoms with Gasteiger partial charge in [-0.3, -0.25) is 9.59 Å². The van der Waals surface area contributed by atoms with E-state index < -0.39 is 17.2 Å². The first-order valence-electron chi connectivity index (χ1n) is 12.9. The summed E-state index contributed by atoms with van der Waals surface area (Å²) in [5.41, 5.74) is 1.76. The van der Waals surface area contributed by atoms with Gasteiger partial charge in [0.25, 0.3) is 0 Å². The van der Waals surface area contributed by atoms with Crippen molar-refractivity contribution < 1.29 is 14.3 Å². The number of allylic oxidation sites excluding steroid dienone is 4. The number of carbonyl (C=O) groups excluding carboxylic acids is 2. The molecule has 4 heteroatoms. The third-order valence-corrected chi connectivity index (χ3v) is 11.7. The number of nitrogens with zero attached hydrogens (tertiary/aromatic N) is 1. The molecule has 0 bridgehead atoms. The van der Waals surface area contributed by atoms with Crippen LogP contribution in [0.1, 0.15) is 86.5 Å². The van der Waals surface area contributed by atoms with Crippen LogP contribution >= 0.6 is 0 Å². The molecule has 0 N–H and O–H groups in total. The molecule has 34 heavy (non-hydrogen) atoms. The number of carbonyl (C=O) groups is 2. The maximum absolute atomic E-state index is 12.8. The highest BCUT2D eigenvalue weighted by molar-refractivity contribution is 6.46. The van der Waals surface area contributed by atoms with Crippen LogP contribution in [0.3, 0.4) is 0 Å². The van der Waals surface area contributed by atoms with E-state index >= 15 is 0 Å². The summed E-state index contributed by atoms with van der Waals surface area (Å²) in [6.45, 7) is 13.6. The predicted molar refractivity (Wildman–Crippen MR) is 132 cm³/mol. The van der Waals surface area contributed by atoms with E-state index in [1.54, 1.807) is 13.0 Å². The molecule has 0 saturated heterocycles. The van der Waals surface area contributed by atoms with Crippen molar-refractivity contribution in [1.29, 1.82) is 5.26 Å². The second-order valence-electron chi connectivity index (χ2n) is 13.3. The quantitative estimate of drug-likeness (QED) is 0.431. The highest BCUT2D eigenvalue weighted by Gasteiger charge is 2.67. The molecule has 0 radical (unpaired) electrons. The Morgan fingerprint density at radius 1 is 0.912 bits per heavy atom. The summed E-state index contributed by atoms with van der Waals surface area (Å²) in [4.78, 5) is 25.6. The number of ether oxygens (including phenoxy) is 1. The van der Waals surface area contributed by atoms with Crippen molar-refractivity contribution in [3.8, 4) is 6.07 Å². The number of hydrogen-bond acceptors (Lipinski definition) is 4. The van der Waals surface area contributed by atoms with E-state index in [1.165, 1.54) is 19.1 Å². The Kier molecular flexibility index (Phi) is 4.76. The minimum atomic E-state index is -1.23. The van der Waals surface area contributed by atoms with Crippen molar-refractivity contribution >= 4 is 11.6 Å². The zero-order valence-corrected chi connectivity index (χ0v) is 21.9. The summed E-state index contributed by atoms with van der Waals surface area (Å²) in [7, 11) is 1.52. The Morgan fingerprint density at radius 3 is 2.24 bits per heavy atom. The first-order valence-corrected chi connectivity index (χ1v) is 12.9. The lowest BCUT2D eigenvalue weighted by atomic mass is 9.34. The van der Waals surface area contributed by atoms with Crippen molar-refractivity contribution in [2.75, 3.05) is 7.11 Å². The number of fused-ring (bicyclic) bond motifs is 7. The topological polar surface area (TPSA) is 67.2 Å². The van der Waals surface area contributed by atoms with Crippen molar-refractivity contribution in [2.24, 2.45) is 33.0 Å². The SMILES string of the molecule is CO[C@]1(C)C(=O)C(=O)C=C2C1=CC=C1[C@@]2(C)CC[C@@]2(C)[C@@H]3C[C@](C)(C#N)CC[C@]3(C)CC[C@]12C. The Bertz CT molecular complexity index is 1140. The molecule has 4 nitrogen and oxygen atoms in total. The Balaban J connectivity index is 1.67. The smallest absolute Gasteiger partial charge is 0.238 e. The summed E-state index contributed by atoms with van der Waals surface area (Å²) in [6, 6.07) is 2.66. The average Bonchev–Trinajstić information content (AvgIpc) is 2.81. The Labute approximate surface area is 204 Å². The van der Waals surface area contributed by atoms with Crippen molar-refractivity contribution in [3.05, 3.63) is 34.9 Å². The number of Topliss-reactive ketones (excluding diaryl/α,β-unsaturated/α-hetero) is 1. The van der Waals surface area contributed by atoms with Gasteiger partial charge in [-0.1, -0.05) is 45.4 Å². The standard InChI is InChI=1S/C30H39NO3/c1-25(18-31)10-11-26(2)12-14-28(4)22-9-8-19-20(16-21(32)24(33)30(19,6)34-7)27(22,3)13-15-29(28,5)23(26)17-25/h8-9,16,23H,10-15,17H2,1-7H3/t23-,25-,26-,27+,28-,29+,30+/m1/s1. The number of nitriles is 1. The van der Waals surface area contributed by atoms with Crippen LogP contribution in [0.15, 0.2) is 34.9 Å². The van der Waals surface area contributed by atoms with Crippen LogP contribution in [0.4, 0.5) is 0 Å². The van der Waals surface area contributed by atoms with Crippen molar-refractivity contribution in [3.63, 3.8) is 0 Å². The van der Waals surface area contributed by atoms with Crippen LogP contribution < -0.4 is 0 Å². The van der Waals surface area contributed by atoms with Gasteiger partial charge in [0.15, 0.2) is 5.60 Å². The van der Waals surface area contributed by atoms with Gasteiger partial charge in [0, 0.05) is 12.5 Å². The van der Waals surface area contributed by atoms with Crippen LogP contribution in [0.5, 0.6) is 0 Å². The highest BCUT2D eigenvalue weighted by Crippen LogP contribution is 2.75. The molecule has 0 aromatic rings. The van der Waals surface area contributed by atoms with Crippen LogP contribution in [-0.4, -0.2) is 24.3 Å². The molecule has 7 atom stereocenters. The molecule has 0 aliphatic heterocycles. The second kappa shape index (κ2) is 6.82. The van der Waals surface area contributed by atoms with E-state index in [0.717, 1.165) is 49.7 Å². The van der Waals surface area contributed by atoms with Gasteiger partial charge in [0.05, 0.1) is 11.5 Å². The maximum atomic E-state index is 12.8. The molecule has 5 rings (SSSR count). The third-order valence-electron chi connectivity index (χ3n) is 11.7. The zero-order chi connectivity index (χ0) is 24.9. The molecular weight excluding hydrogens is 422 g/mol. The van der Waals surface area contributed by atoms with Crippen LogP contribution in [0, 0.1) is 44.3 Å². The first-order chi connectivity index (χ1) is 15.7. The predicted octanol–water partition coefficient (Wildman–Crippen LogP) is 6.28. The highest BCUT2D eigenvalue weighted by atomic mass is 16.5. The van der Waals surface area contributed by atoms with Crippen LogP contribution in [0.25, 0.3) is 0 Å². The molecule has 0 aromatic carbocycles. The fourth-order valence-corrected chi connectivity index (χ4v) is 8.89. The lowest BCUT2D eigenvalue weighted by molar-refractivity contribution is -0.156. The van der Waals surface area contributed by atoms with Gasteiger partial charge in [0.2, 0.25) is 11.6 Å². The molecule has 0 amide bonds. The molecule has 0 spiro atoms. The Hall–Kier alpha value is -1.99. The van der Waals surface area contributed by atoms with Gasteiger partial charge in [-0.15, -0.1) is 0 Å². The number of methoxy groups -OCH3 is 1. The monoisotopic (exact) mass is 461 g/mol. The Morgan fingerprint density at radius 2 is 1.59 bits per heavy atom. The largest absolute Gasteiger partial charge is 0.365 e. The van der Waals surface area contributed by atoms with E-state index in [4.69, 9.17) is 4.74 Å². The minimum absolute atomic E-state index is 0.0330. The van der Waals surface area contributed by atoms with E-state index in [-0.39, 0.29) is 27.1 Å². The molecule has 0 unspecified atom stereocenters. The lowest BCUT2D eigenvalue weighted by Gasteiger charge is -2.70. The second-order valence-corrected chi connectivity index (χ2v) is 13.3. The molecule has 0 heterocycles. The molecule has 0 aromatic heterocycles. The molecule has 5 aliphatic rings. The third kappa shape index (κ3) is 2.63. The van der Waals surface area contributed by atoms with Gasteiger partial charge in [-0.2, -0.15) is 5.26 Å². The van der Waals surface area contributed by atoms with E-state index in [0.29, 0.717) is 5.92 Å².